The van der Waals surface area contributed by atoms with E-state index in [-0.39, 0.29) is 24.2 Å². The van der Waals surface area contributed by atoms with Crippen LogP contribution in [-0.4, -0.2) is 57.7 Å². The minimum atomic E-state index is -3.36. The van der Waals surface area contributed by atoms with E-state index in [4.69, 9.17) is 9.47 Å². The van der Waals surface area contributed by atoms with Gasteiger partial charge in [0.25, 0.3) is 5.91 Å². The number of carbonyl (C=O) groups is 1. The monoisotopic (exact) mass is 370 g/mol. The number of methoxy groups -OCH3 is 2. The first-order chi connectivity index (χ1) is 11.9. The Balaban J connectivity index is 1.93. The molecule has 7 nitrogen and oxygen atoms in total. The molecule has 0 saturated carbocycles. The summed E-state index contributed by atoms with van der Waals surface area (Å²) >= 11 is 0. The Bertz CT molecular complexity index is 705. The van der Waals surface area contributed by atoms with Crippen LogP contribution >= 0.6 is 0 Å². The van der Waals surface area contributed by atoms with Crippen molar-refractivity contribution < 1.29 is 22.7 Å². The maximum absolute atomic E-state index is 12.4. The number of rotatable bonds is 7. The first-order valence-corrected chi connectivity index (χ1v) is 9.99. The number of hydrogen-bond acceptors (Lipinski definition) is 5. The molecule has 1 aliphatic rings. The highest BCUT2D eigenvalue weighted by Crippen LogP contribution is 2.27. The Kier molecular flexibility index (Phi) is 6.66. The van der Waals surface area contributed by atoms with Crippen molar-refractivity contribution >= 4 is 15.9 Å². The molecule has 140 valence electrons. The number of carbonyl (C=O) groups excluding carboxylic acids is 1. The van der Waals surface area contributed by atoms with Gasteiger partial charge in [0.15, 0.2) is 11.5 Å². The lowest BCUT2D eigenvalue weighted by Crippen LogP contribution is -2.45. The fourth-order valence-corrected chi connectivity index (χ4v) is 4.63. The summed E-state index contributed by atoms with van der Waals surface area (Å²) in [5, 5.41) is 2.66. The van der Waals surface area contributed by atoms with Crippen molar-refractivity contribution in [3.8, 4) is 11.5 Å². The number of ether oxygens (including phenoxy) is 2. The second kappa shape index (κ2) is 8.53. The quantitative estimate of drug-likeness (QED) is 0.789. The van der Waals surface area contributed by atoms with Crippen molar-refractivity contribution in [1.82, 2.24) is 9.62 Å². The molecule has 0 aromatic heterocycles. The molecule has 0 unspecified atom stereocenters. The minimum absolute atomic E-state index is 0.0281. The number of nitrogens with zero attached hydrogens (tertiary/aromatic N) is 1. The van der Waals surface area contributed by atoms with Gasteiger partial charge in [-0.1, -0.05) is 6.42 Å². The molecule has 1 saturated heterocycles. The summed E-state index contributed by atoms with van der Waals surface area (Å²) in [6.07, 6.45) is 2.84. The van der Waals surface area contributed by atoms with E-state index < -0.39 is 10.0 Å². The van der Waals surface area contributed by atoms with Crippen LogP contribution in [0, 0.1) is 0 Å². The van der Waals surface area contributed by atoms with E-state index in [1.54, 1.807) is 22.5 Å². The van der Waals surface area contributed by atoms with Crippen LogP contribution in [0.2, 0.25) is 0 Å². The summed E-state index contributed by atoms with van der Waals surface area (Å²) in [6, 6.07) is 4.84. The van der Waals surface area contributed by atoms with E-state index >= 15 is 0 Å². The number of nitrogens with one attached hydrogen (secondary N) is 1. The van der Waals surface area contributed by atoms with Crippen molar-refractivity contribution in [1.29, 1.82) is 0 Å². The normalized spacial score (nSPS) is 18.6. The van der Waals surface area contributed by atoms with E-state index in [1.165, 1.54) is 14.2 Å². The molecule has 1 fully saturated rings. The van der Waals surface area contributed by atoms with Gasteiger partial charge in [0.2, 0.25) is 10.0 Å². The zero-order valence-electron chi connectivity index (χ0n) is 14.9. The molecule has 2 rings (SSSR count). The number of sulfonamides is 1. The van der Waals surface area contributed by atoms with Gasteiger partial charge in [-0.05, 0) is 38.0 Å². The van der Waals surface area contributed by atoms with Crippen molar-refractivity contribution in [2.24, 2.45) is 0 Å². The average Bonchev–Trinajstić information content (AvgIpc) is 2.61. The Morgan fingerprint density at radius 1 is 1.24 bits per heavy atom. The highest BCUT2D eigenvalue weighted by molar-refractivity contribution is 7.89. The lowest BCUT2D eigenvalue weighted by atomic mass is 10.1. The van der Waals surface area contributed by atoms with Gasteiger partial charge < -0.3 is 14.8 Å². The number of piperidine rings is 1. The second-order valence-corrected chi connectivity index (χ2v) is 8.14. The predicted octanol–water partition coefficient (Wildman–Crippen LogP) is 1.64. The van der Waals surface area contributed by atoms with Crippen LogP contribution in [0.25, 0.3) is 0 Å². The molecular formula is C17H26N2O5S. The van der Waals surface area contributed by atoms with E-state index in [0.717, 1.165) is 19.3 Å². The molecule has 8 heteroatoms. The van der Waals surface area contributed by atoms with Crippen molar-refractivity contribution in [2.45, 2.75) is 32.2 Å². The molecule has 1 aliphatic heterocycles. The van der Waals surface area contributed by atoms with Crippen LogP contribution in [0.3, 0.4) is 0 Å². The smallest absolute Gasteiger partial charge is 0.251 e. The summed E-state index contributed by atoms with van der Waals surface area (Å²) in [5.41, 5.74) is 0.390. The lowest BCUT2D eigenvalue weighted by molar-refractivity contribution is 0.0955. The molecule has 0 aliphatic carbocycles. The van der Waals surface area contributed by atoms with Gasteiger partial charge in [-0.25, -0.2) is 8.42 Å². The molecule has 0 bridgehead atoms. The first-order valence-electron chi connectivity index (χ1n) is 8.39. The molecule has 1 amide bonds. The highest BCUT2D eigenvalue weighted by Gasteiger charge is 2.29. The van der Waals surface area contributed by atoms with E-state index in [2.05, 4.69) is 5.32 Å². The number of amides is 1. The van der Waals surface area contributed by atoms with Crippen molar-refractivity contribution in [3.63, 3.8) is 0 Å². The third-order valence-electron chi connectivity index (χ3n) is 4.39. The zero-order valence-corrected chi connectivity index (χ0v) is 15.8. The third-order valence-corrected chi connectivity index (χ3v) is 6.37. The van der Waals surface area contributed by atoms with E-state index in [0.29, 0.717) is 23.6 Å². The second-order valence-electron chi connectivity index (χ2n) is 6.10. The molecule has 1 atom stereocenters. The van der Waals surface area contributed by atoms with Crippen LogP contribution in [-0.2, 0) is 10.0 Å². The highest BCUT2D eigenvalue weighted by atomic mass is 32.2. The van der Waals surface area contributed by atoms with Gasteiger partial charge in [0.1, 0.15) is 0 Å². The van der Waals surface area contributed by atoms with Gasteiger partial charge >= 0.3 is 0 Å². The van der Waals surface area contributed by atoms with Crippen LogP contribution in [0.5, 0.6) is 11.5 Å². The molecule has 1 heterocycles. The maximum atomic E-state index is 12.4. The average molecular weight is 370 g/mol. The van der Waals surface area contributed by atoms with Crippen molar-refractivity contribution in [3.05, 3.63) is 23.8 Å². The largest absolute Gasteiger partial charge is 0.493 e. The first kappa shape index (κ1) is 19.5. The summed E-state index contributed by atoms with van der Waals surface area (Å²) < 4.78 is 36.7. The Labute approximate surface area is 149 Å². The van der Waals surface area contributed by atoms with Crippen molar-refractivity contribution in [2.75, 3.05) is 33.1 Å². The molecule has 25 heavy (non-hydrogen) atoms. The molecule has 1 N–H and O–H groups in total. The van der Waals surface area contributed by atoms with Crippen LogP contribution in [0.1, 0.15) is 36.5 Å². The Hall–Kier alpha value is -1.80. The Morgan fingerprint density at radius 2 is 1.96 bits per heavy atom. The fraction of sp³-hybridized carbons (Fsp3) is 0.588. The van der Waals surface area contributed by atoms with Gasteiger partial charge in [-0.2, -0.15) is 4.31 Å². The lowest BCUT2D eigenvalue weighted by Gasteiger charge is -2.32. The van der Waals surface area contributed by atoms with Gasteiger partial charge in [-0.3, -0.25) is 4.79 Å². The van der Waals surface area contributed by atoms with Gasteiger partial charge in [0.05, 0.1) is 20.0 Å². The Morgan fingerprint density at radius 3 is 2.60 bits per heavy atom. The van der Waals surface area contributed by atoms with Crippen LogP contribution in [0.4, 0.5) is 0 Å². The van der Waals surface area contributed by atoms with Crippen LogP contribution < -0.4 is 14.8 Å². The topological polar surface area (TPSA) is 84.9 Å². The summed E-state index contributed by atoms with van der Waals surface area (Å²) in [6.45, 7) is 2.56. The fourth-order valence-electron chi connectivity index (χ4n) is 2.98. The molecule has 0 spiro atoms. The standard InChI is InChI=1S/C17H26N2O5S/c1-13-6-4-5-10-19(13)25(21,22)11-9-18-17(20)14-7-8-15(23-2)16(12-14)24-3/h7-8,12-13H,4-6,9-11H2,1-3H3,(H,18,20)/t13-/m0/s1. The van der Waals surface area contributed by atoms with Gasteiger partial charge in [-0.15, -0.1) is 0 Å². The number of hydrogen-bond donors (Lipinski definition) is 1. The molecule has 1 aromatic carbocycles. The molecule has 0 radical (unpaired) electrons. The zero-order chi connectivity index (χ0) is 18.4. The van der Waals surface area contributed by atoms with Gasteiger partial charge in [0, 0.05) is 24.7 Å². The summed E-state index contributed by atoms with van der Waals surface area (Å²) in [7, 11) is -0.350. The third kappa shape index (κ3) is 4.85. The number of benzene rings is 1. The predicted molar refractivity (Wildman–Crippen MR) is 95.7 cm³/mol. The SMILES string of the molecule is COc1ccc(C(=O)NCCS(=O)(=O)N2CCCC[C@@H]2C)cc1OC. The minimum Gasteiger partial charge on any atom is -0.493 e. The van der Waals surface area contributed by atoms with E-state index in [1.807, 2.05) is 6.92 Å². The maximum Gasteiger partial charge on any atom is 0.251 e. The summed E-state index contributed by atoms with van der Waals surface area (Å²) in [4.78, 5) is 12.2. The summed E-state index contributed by atoms with van der Waals surface area (Å²) in [5.74, 6) is 0.532. The van der Waals surface area contributed by atoms with Crippen LogP contribution in [0.15, 0.2) is 18.2 Å². The molecular weight excluding hydrogens is 344 g/mol. The molecule has 1 aromatic rings. The van der Waals surface area contributed by atoms with E-state index in [9.17, 15) is 13.2 Å².